The Morgan fingerprint density at radius 1 is 1.11 bits per heavy atom. The Balaban J connectivity index is 0.000000902. The van der Waals surface area contributed by atoms with Crippen LogP contribution in [-0.2, 0) is 0 Å². The summed E-state index contributed by atoms with van der Waals surface area (Å²) >= 11 is 0. The first-order valence-electron chi connectivity index (χ1n) is 6.86. The summed E-state index contributed by atoms with van der Waals surface area (Å²) in [5, 5.41) is 3.82. The molecule has 108 valence electrons. The maximum absolute atomic E-state index is 3.82. The molecule has 0 aromatic heterocycles. The van der Waals surface area contributed by atoms with Crippen molar-refractivity contribution in [1.82, 2.24) is 10.2 Å². The number of piperidine rings is 3. The molecule has 3 aliphatic heterocycles. The van der Waals surface area contributed by atoms with Gasteiger partial charge in [0, 0.05) is 18.6 Å². The summed E-state index contributed by atoms with van der Waals surface area (Å²) in [4.78, 5) is 2.61. The van der Waals surface area contributed by atoms with Crippen LogP contribution in [-0.4, -0.2) is 30.6 Å². The van der Waals surface area contributed by atoms with E-state index in [9.17, 15) is 0 Å². The Hall–Kier alpha value is -0.280. The van der Waals surface area contributed by atoms with Gasteiger partial charge >= 0.3 is 0 Å². The number of hydrogen-bond donors (Lipinski definition) is 1. The Bertz CT molecular complexity index is 364. The Morgan fingerprint density at radius 3 is 2.26 bits per heavy atom. The summed E-state index contributed by atoms with van der Waals surface area (Å²) in [7, 11) is 0. The van der Waals surface area contributed by atoms with Gasteiger partial charge in [0.25, 0.3) is 0 Å². The van der Waals surface area contributed by atoms with Crippen molar-refractivity contribution in [3.63, 3.8) is 0 Å². The van der Waals surface area contributed by atoms with Gasteiger partial charge in [-0.15, -0.1) is 24.8 Å². The minimum atomic E-state index is 0. The van der Waals surface area contributed by atoms with Gasteiger partial charge in [0.15, 0.2) is 0 Å². The van der Waals surface area contributed by atoms with E-state index in [1.165, 1.54) is 38.0 Å². The fraction of sp³-hybridized carbons (Fsp3) is 0.600. The molecule has 2 unspecified atom stereocenters. The molecule has 1 aromatic carbocycles. The van der Waals surface area contributed by atoms with Crippen LogP contribution >= 0.6 is 24.8 Å². The second kappa shape index (κ2) is 7.49. The first kappa shape index (κ1) is 16.8. The highest BCUT2D eigenvalue weighted by atomic mass is 35.5. The molecular weight excluding hydrogens is 279 g/mol. The lowest BCUT2D eigenvalue weighted by atomic mass is 9.83. The molecule has 3 saturated heterocycles. The molecule has 4 rings (SSSR count). The topological polar surface area (TPSA) is 15.3 Å². The summed E-state index contributed by atoms with van der Waals surface area (Å²) < 4.78 is 0. The van der Waals surface area contributed by atoms with E-state index < -0.39 is 0 Å². The molecule has 2 bridgehead atoms. The van der Waals surface area contributed by atoms with Crippen molar-refractivity contribution in [3.8, 4) is 0 Å². The highest BCUT2D eigenvalue weighted by Gasteiger charge is 2.34. The fourth-order valence-electron chi connectivity index (χ4n) is 3.31. The molecule has 3 heterocycles. The van der Waals surface area contributed by atoms with Crippen LogP contribution in [0.15, 0.2) is 30.3 Å². The molecule has 2 nitrogen and oxygen atoms in total. The standard InChI is InChI=1S/C15H22N2.2ClH/c1-12(13-5-3-2-4-6-13)16-15-11-17-9-7-14(15)8-10-17;;/h2-6,12,14-16H,7-11H2,1H3;2*1H. The van der Waals surface area contributed by atoms with Crippen molar-refractivity contribution >= 4 is 24.8 Å². The predicted octanol–water partition coefficient (Wildman–Crippen LogP) is 3.28. The molecule has 0 spiro atoms. The van der Waals surface area contributed by atoms with E-state index in [1.807, 2.05) is 0 Å². The molecule has 0 saturated carbocycles. The van der Waals surface area contributed by atoms with Gasteiger partial charge in [0.1, 0.15) is 0 Å². The number of rotatable bonds is 3. The van der Waals surface area contributed by atoms with Crippen LogP contribution in [0.2, 0.25) is 0 Å². The van der Waals surface area contributed by atoms with Gasteiger partial charge in [0.2, 0.25) is 0 Å². The van der Waals surface area contributed by atoms with Crippen molar-refractivity contribution in [1.29, 1.82) is 0 Å². The Morgan fingerprint density at radius 2 is 1.74 bits per heavy atom. The van der Waals surface area contributed by atoms with Crippen molar-refractivity contribution < 1.29 is 0 Å². The van der Waals surface area contributed by atoms with E-state index in [1.54, 1.807) is 0 Å². The zero-order valence-corrected chi connectivity index (χ0v) is 13.1. The Kier molecular flexibility index (Phi) is 6.61. The van der Waals surface area contributed by atoms with Crippen LogP contribution in [0.5, 0.6) is 0 Å². The first-order chi connectivity index (χ1) is 8.33. The van der Waals surface area contributed by atoms with Crippen LogP contribution in [0.1, 0.15) is 31.4 Å². The van der Waals surface area contributed by atoms with Gasteiger partial charge in [0.05, 0.1) is 0 Å². The quantitative estimate of drug-likeness (QED) is 0.922. The largest absolute Gasteiger partial charge is 0.306 e. The molecule has 19 heavy (non-hydrogen) atoms. The van der Waals surface area contributed by atoms with Crippen molar-refractivity contribution in [2.45, 2.75) is 31.8 Å². The summed E-state index contributed by atoms with van der Waals surface area (Å²) in [5.41, 5.74) is 1.41. The maximum atomic E-state index is 3.82. The third-order valence-electron chi connectivity index (χ3n) is 4.42. The van der Waals surface area contributed by atoms with Gasteiger partial charge in [-0.3, -0.25) is 0 Å². The number of halogens is 2. The molecular formula is C15H24Cl2N2. The monoisotopic (exact) mass is 302 g/mol. The van der Waals surface area contributed by atoms with Crippen molar-refractivity contribution in [2.75, 3.05) is 19.6 Å². The summed E-state index contributed by atoms with van der Waals surface area (Å²) in [5.74, 6) is 0.908. The number of fused-ring (bicyclic) bond motifs is 3. The minimum Gasteiger partial charge on any atom is -0.306 e. The van der Waals surface area contributed by atoms with Gasteiger partial charge in [-0.05, 0) is 44.3 Å². The highest BCUT2D eigenvalue weighted by Crippen LogP contribution is 2.29. The van der Waals surface area contributed by atoms with Gasteiger partial charge < -0.3 is 10.2 Å². The van der Waals surface area contributed by atoms with Crippen LogP contribution in [0.25, 0.3) is 0 Å². The van der Waals surface area contributed by atoms with E-state index >= 15 is 0 Å². The third kappa shape index (κ3) is 3.85. The highest BCUT2D eigenvalue weighted by molar-refractivity contribution is 5.85. The normalized spacial score (nSPS) is 30.1. The zero-order valence-electron chi connectivity index (χ0n) is 11.4. The zero-order chi connectivity index (χ0) is 11.7. The van der Waals surface area contributed by atoms with Crippen molar-refractivity contribution in [2.24, 2.45) is 5.92 Å². The predicted molar refractivity (Wildman–Crippen MR) is 85.4 cm³/mol. The van der Waals surface area contributed by atoms with E-state index in [0.717, 1.165) is 5.92 Å². The van der Waals surface area contributed by atoms with E-state index in [-0.39, 0.29) is 24.8 Å². The lowest BCUT2D eigenvalue weighted by Gasteiger charge is -2.46. The maximum Gasteiger partial charge on any atom is 0.0294 e. The average molecular weight is 303 g/mol. The van der Waals surface area contributed by atoms with Gasteiger partial charge in [-0.25, -0.2) is 0 Å². The number of nitrogens with one attached hydrogen (secondary N) is 1. The first-order valence-corrected chi connectivity index (χ1v) is 6.86. The van der Waals surface area contributed by atoms with Gasteiger partial charge in [-0.2, -0.15) is 0 Å². The molecule has 2 atom stereocenters. The number of nitrogens with zero attached hydrogens (tertiary/aromatic N) is 1. The second-order valence-electron chi connectivity index (χ2n) is 5.54. The van der Waals surface area contributed by atoms with Crippen molar-refractivity contribution in [3.05, 3.63) is 35.9 Å². The fourth-order valence-corrected chi connectivity index (χ4v) is 3.31. The smallest absolute Gasteiger partial charge is 0.0294 e. The Labute approximate surface area is 128 Å². The second-order valence-corrected chi connectivity index (χ2v) is 5.54. The number of benzene rings is 1. The molecule has 3 fully saturated rings. The molecule has 0 aliphatic carbocycles. The van der Waals surface area contributed by atoms with Gasteiger partial charge in [-0.1, -0.05) is 30.3 Å². The third-order valence-corrected chi connectivity index (χ3v) is 4.42. The summed E-state index contributed by atoms with van der Waals surface area (Å²) in [6.45, 7) is 6.18. The SMILES string of the molecule is CC(NC1CN2CCC1CC2)c1ccccc1.Cl.Cl. The van der Waals surface area contributed by atoms with Crippen LogP contribution in [0.3, 0.4) is 0 Å². The molecule has 4 heteroatoms. The lowest BCUT2D eigenvalue weighted by Crippen LogP contribution is -2.56. The minimum absolute atomic E-state index is 0. The summed E-state index contributed by atoms with van der Waals surface area (Å²) in [6, 6.07) is 12.0. The van der Waals surface area contributed by atoms with E-state index in [2.05, 4.69) is 47.5 Å². The van der Waals surface area contributed by atoms with Crippen LogP contribution in [0.4, 0.5) is 0 Å². The molecule has 0 radical (unpaired) electrons. The number of hydrogen-bond acceptors (Lipinski definition) is 2. The van der Waals surface area contributed by atoms with Crippen LogP contribution in [0, 0.1) is 5.92 Å². The molecule has 3 aliphatic rings. The van der Waals surface area contributed by atoms with E-state index in [4.69, 9.17) is 0 Å². The van der Waals surface area contributed by atoms with E-state index in [0.29, 0.717) is 12.1 Å². The average Bonchev–Trinajstić information content (AvgIpc) is 2.41. The molecule has 1 aromatic rings. The lowest BCUT2D eigenvalue weighted by molar-refractivity contribution is 0.0680. The van der Waals surface area contributed by atoms with Crippen LogP contribution < -0.4 is 5.32 Å². The molecule has 1 N–H and O–H groups in total. The molecule has 0 amide bonds. The summed E-state index contributed by atoms with van der Waals surface area (Å²) in [6.07, 6.45) is 2.78.